The van der Waals surface area contributed by atoms with Crippen molar-refractivity contribution < 1.29 is 17.2 Å². The van der Waals surface area contributed by atoms with Crippen molar-refractivity contribution in [2.24, 2.45) is 5.14 Å². The number of sulfonamides is 1. The molecule has 0 aliphatic carbocycles. The number of nitrogens with two attached hydrogens (primary N) is 1. The van der Waals surface area contributed by atoms with Gasteiger partial charge in [0, 0.05) is 21.8 Å². The number of hydrogen-bond acceptors (Lipinski definition) is 3. The highest BCUT2D eigenvalue weighted by Crippen LogP contribution is 2.33. The lowest BCUT2D eigenvalue weighted by Gasteiger charge is -2.11. The van der Waals surface area contributed by atoms with Crippen molar-refractivity contribution in [1.82, 2.24) is 4.98 Å². The highest BCUT2D eigenvalue weighted by atomic mass is 79.9. The molecule has 0 radical (unpaired) electrons. The zero-order valence-electron chi connectivity index (χ0n) is 12.6. The Morgan fingerprint density at radius 2 is 1.64 bits per heavy atom. The molecule has 3 aromatic rings. The highest BCUT2D eigenvalue weighted by Gasteiger charge is 2.22. The molecule has 1 aromatic heterocycles. The summed E-state index contributed by atoms with van der Waals surface area (Å²) in [5.41, 5.74) is 1.86. The Labute approximate surface area is 151 Å². The van der Waals surface area contributed by atoms with Gasteiger partial charge in [-0.15, -0.1) is 0 Å². The normalized spacial score (nSPS) is 11.5. The smallest absolute Gasteiger partial charge is 0.243 e. The zero-order valence-corrected chi connectivity index (χ0v) is 15.0. The van der Waals surface area contributed by atoms with Crippen LogP contribution in [0.4, 0.5) is 8.78 Å². The second-order valence-electron chi connectivity index (χ2n) is 5.22. The molecule has 0 aliphatic rings. The molecular formula is C17H11BrF2N2O2S. The second-order valence-corrected chi connectivity index (χ2v) is 7.64. The third kappa shape index (κ3) is 3.60. The van der Waals surface area contributed by atoms with Crippen LogP contribution in [-0.4, -0.2) is 13.4 Å². The number of primary sulfonamides is 1. The monoisotopic (exact) mass is 424 g/mol. The molecule has 0 saturated heterocycles. The molecule has 0 spiro atoms. The lowest BCUT2D eigenvalue weighted by molar-refractivity contribution is 0.520. The van der Waals surface area contributed by atoms with Crippen molar-refractivity contribution >= 4 is 26.0 Å². The van der Waals surface area contributed by atoms with Crippen LogP contribution in [0.3, 0.4) is 0 Å². The molecule has 128 valence electrons. The minimum absolute atomic E-state index is 0.109. The van der Waals surface area contributed by atoms with E-state index in [0.29, 0.717) is 11.3 Å². The zero-order chi connectivity index (χ0) is 18.2. The maximum Gasteiger partial charge on any atom is 0.243 e. The predicted molar refractivity (Wildman–Crippen MR) is 94.1 cm³/mol. The molecule has 3 rings (SSSR count). The van der Waals surface area contributed by atoms with E-state index in [-0.39, 0.29) is 5.56 Å². The van der Waals surface area contributed by atoms with E-state index in [1.807, 2.05) is 24.3 Å². The van der Waals surface area contributed by atoms with E-state index in [1.165, 1.54) is 6.20 Å². The summed E-state index contributed by atoms with van der Waals surface area (Å²) in [5, 5.41) is 4.86. The molecular weight excluding hydrogens is 414 g/mol. The van der Waals surface area contributed by atoms with E-state index < -0.39 is 26.6 Å². The molecule has 0 bridgehead atoms. The second kappa shape index (κ2) is 6.62. The molecule has 25 heavy (non-hydrogen) atoms. The van der Waals surface area contributed by atoms with Crippen molar-refractivity contribution in [1.29, 1.82) is 0 Å². The predicted octanol–water partition coefficient (Wildman–Crippen LogP) is 4.10. The molecule has 8 heteroatoms. The van der Waals surface area contributed by atoms with Crippen LogP contribution >= 0.6 is 15.9 Å². The van der Waals surface area contributed by atoms with Crippen molar-refractivity contribution in [3.05, 3.63) is 70.8 Å². The first kappa shape index (κ1) is 17.7. The summed E-state index contributed by atoms with van der Waals surface area (Å²) in [4.78, 5) is 3.04. The molecule has 0 amide bonds. The molecule has 1 heterocycles. The third-order valence-corrected chi connectivity index (χ3v) is 4.95. The third-order valence-electron chi connectivity index (χ3n) is 3.50. The standard InChI is InChI=1S/C17H11BrF2N2O2S/c18-12-4-1-3-10(7-12)13-5-2-6-22-16(13)11-8-14(19)17(15(20)9-11)25(21,23)24/h1-9H,(H2,21,23,24). The number of halogens is 3. The Hall–Kier alpha value is -2.16. The first-order valence-electron chi connectivity index (χ1n) is 7.00. The lowest BCUT2D eigenvalue weighted by Crippen LogP contribution is -2.16. The average Bonchev–Trinajstić information content (AvgIpc) is 2.53. The van der Waals surface area contributed by atoms with Gasteiger partial charge in [0.15, 0.2) is 4.90 Å². The fourth-order valence-corrected chi connectivity index (χ4v) is 3.55. The molecule has 0 unspecified atom stereocenters. The Morgan fingerprint density at radius 1 is 0.960 bits per heavy atom. The Morgan fingerprint density at radius 3 is 2.24 bits per heavy atom. The lowest BCUT2D eigenvalue weighted by atomic mass is 9.99. The first-order valence-corrected chi connectivity index (χ1v) is 9.34. The summed E-state index contributed by atoms with van der Waals surface area (Å²) < 4.78 is 51.8. The molecule has 0 aliphatic heterocycles. The number of hydrogen-bond donors (Lipinski definition) is 1. The van der Waals surface area contributed by atoms with Gasteiger partial charge in [0.05, 0.1) is 5.69 Å². The van der Waals surface area contributed by atoms with Gasteiger partial charge in [-0.25, -0.2) is 22.3 Å². The minimum atomic E-state index is -4.51. The SMILES string of the molecule is NS(=O)(=O)c1c(F)cc(-c2ncccc2-c2cccc(Br)c2)cc1F. The highest BCUT2D eigenvalue weighted by molar-refractivity contribution is 9.10. The van der Waals surface area contributed by atoms with Crippen LogP contribution in [0.5, 0.6) is 0 Å². The van der Waals surface area contributed by atoms with Crippen LogP contribution in [-0.2, 0) is 10.0 Å². The van der Waals surface area contributed by atoms with Crippen LogP contribution in [0, 0.1) is 11.6 Å². The summed E-state index contributed by atoms with van der Waals surface area (Å²) in [6.45, 7) is 0. The van der Waals surface area contributed by atoms with E-state index >= 15 is 0 Å². The Kier molecular flexibility index (Phi) is 4.68. The first-order chi connectivity index (χ1) is 11.8. The molecule has 0 saturated carbocycles. The summed E-state index contributed by atoms with van der Waals surface area (Å²) in [7, 11) is -4.51. The number of rotatable bonds is 3. The van der Waals surface area contributed by atoms with Gasteiger partial charge in [-0.1, -0.05) is 34.1 Å². The van der Waals surface area contributed by atoms with Gasteiger partial charge in [0.1, 0.15) is 11.6 Å². The van der Waals surface area contributed by atoms with Crippen molar-refractivity contribution in [3.63, 3.8) is 0 Å². The summed E-state index contributed by atoms with van der Waals surface area (Å²) in [6, 6.07) is 12.6. The number of nitrogens with zero attached hydrogens (tertiary/aromatic N) is 1. The molecule has 0 fully saturated rings. The van der Waals surface area contributed by atoms with Crippen molar-refractivity contribution in [2.45, 2.75) is 4.90 Å². The molecule has 4 nitrogen and oxygen atoms in total. The van der Waals surface area contributed by atoms with E-state index in [4.69, 9.17) is 5.14 Å². The average molecular weight is 425 g/mol. The van der Waals surface area contributed by atoms with Crippen LogP contribution in [0.1, 0.15) is 0 Å². The maximum absolute atomic E-state index is 14.2. The number of aromatic nitrogens is 1. The van der Waals surface area contributed by atoms with Crippen LogP contribution in [0.2, 0.25) is 0 Å². The molecule has 2 aromatic carbocycles. The molecule has 0 atom stereocenters. The van der Waals surface area contributed by atoms with Gasteiger partial charge in [-0.3, -0.25) is 4.98 Å². The largest absolute Gasteiger partial charge is 0.256 e. The minimum Gasteiger partial charge on any atom is -0.256 e. The van der Waals surface area contributed by atoms with Crippen LogP contribution in [0.25, 0.3) is 22.4 Å². The van der Waals surface area contributed by atoms with Gasteiger partial charge in [0.25, 0.3) is 0 Å². The van der Waals surface area contributed by atoms with E-state index in [0.717, 1.165) is 22.2 Å². The van der Waals surface area contributed by atoms with Gasteiger partial charge in [-0.2, -0.15) is 0 Å². The van der Waals surface area contributed by atoms with E-state index in [9.17, 15) is 17.2 Å². The Bertz CT molecular complexity index is 1050. The van der Waals surface area contributed by atoms with E-state index in [1.54, 1.807) is 12.1 Å². The van der Waals surface area contributed by atoms with Gasteiger partial charge >= 0.3 is 0 Å². The summed E-state index contributed by atoms with van der Waals surface area (Å²) in [6.07, 6.45) is 1.49. The fourth-order valence-electron chi connectivity index (χ4n) is 2.49. The number of benzene rings is 2. The van der Waals surface area contributed by atoms with Gasteiger partial charge < -0.3 is 0 Å². The fraction of sp³-hybridized carbons (Fsp3) is 0. The number of pyridine rings is 1. The van der Waals surface area contributed by atoms with Crippen molar-refractivity contribution in [2.75, 3.05) is 0 Å². The maximum atomic E-state index is 14.2. The Balaban J connectivity index is 2.22. The summed E-state index contributed by atoms with van der Waals surface area (Å²) in [5.74, 6) is -2.52. The van der Waals surface area contributed by atoms with Crippen LogP contribution < -0.4 is 5.14 Å². The molecule has 2 N–H and O–H groups in total. The topological polar surface area (TPSA) is 73.1 Å². The van der Waals surface area contributed by atoms with Crippen molar-refractivity contribution in [3.8, 4) is 22.4 Å². The van der Waals surface area contributed by atoms with Gasteiger partial charge in [-0.05, 0) is 35.9 Å². The van der Waals surface area contributed by atoms with Gasteiger partial charge in [0.2, 0.25) is 10.0 Å². The van der Waals surface area contributed by atoms with Crippen LogP contribution in [0.15, 0.2) is 64.1 Å². The van der Waals surface area contributed by atoms with E-state index in [2.05, 4.69) is 20.9 Å². The summed E-state index contributed by atoms with van der Waals surface area (Å²) >= 11 is 3.37. The quantitative estimate of drug-likeness (QED) is 0.687.